The Bertz CT molecular complexity index is 833. The van der Waals surface area contributed by atoms with Gasteiger partial charge in [0.25, 0.3) is 0 Å². The van der Waals surface area contributed by atoms with Crippen LogP contribution in [-0.2, 0) is 9.84 Å². The first kappa shape index (κ1) is 16.6. The van der Waals surface area contributed by atoms with Crippen LogP contribution in [0.4, 0.5) is 0 Å². The van der Waals surface area contributed by atoms with E-state index in [1.54, 1.807) is 6.07 Å². The quantitative estimate of drug-likeness (QED) is 0.598. The predicted octanol–water partition coefficient (Wildman–Crippen LogP) is 4.58. The zero-order chi connectivity index (χ0) is 16.2. The lowest BCUT2D eigenvalue weighted by Gasteiger charge is -2.03. The second-order valence-electron chi connectivity index (χ2n) is 4.48. The van der Waals surface area contributed by atoms with Crippen LogP contribution < -0.4 is 0 Å². The van der Waals surface area contributed by atoms with Gasteiger partial charge in [-0.05, 0) is 43.3 Å². The number of hydrogen-bond acceptors (Lipinski definition) is 4. The Morgan fingerprint density at radius 2 is 1.73 bits per heavy atom. The maximum atomic E-state index is 12.4. The molecular formula is C16H12ClNO2S2. The molecule has 0 unspecified atom stereocenters. The van der Waals surface area contributed by atoms with E-state index in [0.29, 0.717) is 5.02 Å². The fraction of sp³-hybridized carbons (Fsp3) is 0.0625. The molecule has 22 heavy (non-hydrogen) atoms. The molecule has 2 rings (SSSR count). The van der Waals surface area contributed by atoms with Crippen molar-refractivity contribution >= 4 is 33.2 Å². The second kappa shape index (κ2) is 7.01. The van der Waals surface area contributed by atoms with Gasteiger partial charge in [-0.3, -0.25) is 0 Å². The van der Waals surface area contributed by atoms with Crippen LogP contribution in [0.1, 0.15) is 5.56 Å². The lowest BCUT2D eigenvalue weighted by atomic mass is 10.2. The number of rotatable bonds is 4. The smallest absolute Gasteiger partial charge is 0.217 e. The van der Waals surface area contributed by atoms with Crippen LogP contribution in [-0.4, -0.2) is 8.42 Å². The van der Waals surface area contributed by atoms with E-state index in [0.717, 1.165) is 10.5 Å². The highest BCUT2D eigenvalue weighted by Crippen LogP contribution is 2.26. The molecule has 0 amide bonds. The summed E-state index contributed by atoms with van der Waals surface area (Å²) in [5.41, 5.74) is 1.11. The van der Waals surface area contributed by atoms with Gasteiger partial charge in [0.2, 0.25) is 9.84 Å². The predicted molar refractivity (Wildman–Crippen MR) is 89.4 cm³/mol. The summed E-state index contributed by atoms with van der Waals surface area (Å²) < 4.78 is 24.8. The van der Waals surface area contributed by atoms with Crippen LogP contribution in [0.15, 0.2) is 68.6 Å². The van der Waals surface area contributed by atoms with Gasteiger partial charge in [0, 0.05) is 15.3 Å². The zero-order valence-corrected chi connectivity index (χ0v) is 14.0. The van der Waals surface area contributed by atoms with Crippen molar-refractivity contribution in [3.63, 3.8) is 0 Å². The molecule has 0 saturated carbocycles. The highest BCUT2D eigenvalue weighted by atomic mass is 35.5. The number of thioether (sulfide) groups is 1. The van der Waals surface area contributed by atoms with Gasteiger partial charge >= 0.3 is 0 Å². The minimum Gasteiger partial charge on any atom is -0.218 e. The number of benzene rings is 2. The van der Waals surface area contributed by atoms with Gasteiger partial charge in [-0.1, -0.05) is 41.1 Å². The van der Waals surface area contributed by atoms with Crippen molar-refractivity contribution in [2.45, 2.75) is 16.7 Å². The van der Waals surface area contributed by atoms with Crippen molar-refractivity contribution in [1.29, 1.82) is 5.26 Å². The molecule has 112 valence electrons. The highest BCUT2D eigenvalue weighted by Gasteiger charge is 2.20. The monoisotopic (exact) mass is 349 g/mol. The van der Waals surface area contributed by atoms with Gasteiger partial charge in [-0.2, -0.15) is 5.26 Å². The number of aryl methyl sites for hydroxylation is 1. The molecule has 0 aromatic heterocycles. The standard InChI is InChI=1S/C16H12ClNO2S2/c1-12-2-6-14(7-3-12)21-11-16(10-18)22(19,20)15-8-4-13(17)5-9-15/h2-9,11H,1H3/b16-11-. The molecule has 0 aliphatic heterocycles. The summed E-state index contributed by atoms with van der Waals surface area (Å²) in [6.45, 7) is 1.97. The molecule has 0 spiro atoms. The molecule has 0 atom stereocenters. The molecule has 2 aromatic rings. The molecule has 0 aliphatic carbocycles. The normalized spacial score (nSPS) is 12.0. The first-order valence-electron chi connectivity index (χ1n) is 6.28. The van der Waals surface area contributed by atoms with Crippen molar-refractivity contribution in [2.75, 3.05) is 0 Å². The van der Waals surface area contributed by atoms with E-state index in [2.05, 4.69) is 0 Å². The summed E-state index contributed by atoms with van der Waals surface area (Å²) in [6.07, 6.45) is 0. The van der Waals surface area contributed by atoms with Crippen LogP contribution >= 0.6 is 23.4 Å². The summed E-state index contributed by atoms with van der Waals surface area (Å²) in [4.78, 5) is 0.624. The molecule has 0 saturated heterocycles. The largest absolute Gasteiger partial charge is 0.218 e. The third kappa shape index (κ3) is 3.92. The Kier molecular flexibility index (Phi) is 5.30. The maximum Gasteiger partial charge on any atom is 0.217 e. The minimum atomic E-state index is -3.83. The van der Waals surface area contributed by atoms with E-state index >= 15 is 0 Å². The van der Waals surface area contributed by atoms with Gasteiger partial charge in [0.1, 0.15) is 6.07 Å². The van der Waals surface area contributed by atoms with Crippen molar-refractivity contribution in [3.05, 3.63) is 69.4 Å². The number of allylic oxidation sites excluding steroid dienone is 1. The van der Waals surface area contributed by atoms with Crippen LogP contribution in [0.25, 0.3) is 0 Å². The molecule has 0 fully saturated rings. The summed E-state index contributed by atoms with van der Waals surface area (Å²) in [7, 11) is -3.83. The average Bonchev–Trinajstić information content (AvgIpc) is 2.50. The molecule has 0 heterocycles. The second-order valence-corrected chi connectivity index (χ2v) is 7.78. The van der Waals surface area contributed by atoms with E-state index < -0.39 is 9.84 Å². The van der Waals surface area contributed by atoms with Gasteiger partial charge in [0.05, 0.1) is 4.90 Å². The zero-order valence-electron chi connectivity index (χ0n) is 11.7. The molecule has 0 aliphatic rings. The summed E-state index contributed by atoms with van der Waals surface area (Å²) >= 11 is 6.95. The molecular weight excluding hydrogens is 338 g/mol. The molecule has 3 nitrogen and oxygen atoms in total. The lowest BCUT2D eigenvalue weighted by molar-refractivity contribution is 0.603. The van der Waals surface area contributed by atoms with Crippen LogP contribution in [0.5, 0.6) is 0 Å². The van der Waals surface area contributed by atoms with Crippen LogP contribution in [0, 0.1) is 18.3 Å². The molecule has 6 heteroatoms. The van der Waals surface area contributed by atoms with Crippen molar-refractivity contribution in [2.24, 2.45) is 0 Å². The number of nitriles is 1. The first-order valence-corrected chi connectivity index (χ1v) is 9.02. The fourth-order valence-electron chi connectivity index (χ4n) is 1.63. The summed E-state index contributed by atoms with van der Waals surface area (Å²) in [5, 5.41) is 11.0. The van der Waals surface area contributed by atoms with E-state index in [1.165, 1.54) is 41.4 Å². The average molecular weight is 350 g/mol. The van der Waals surface area contributed by atoms with Crippen molar-refractivity contribution in [3.8, 4) is 6.07 Å². The Balaban J connectivity index is 2.30. The van der Waals surface area contributed by atoms with Crippen LogP contribution in [0.3, 0.4) is 0 Å². The third-order valence-electron chi connectivity index (χ3n) is 2.85. The van der Waals surface area contributed by atoms with E-state index in [1.807, 2.05) is 31.2 Å². The lowest BCUT2D eigenvalue weighted by Crippen LogP contribution is -2.03. The third-order valence-corrected chi connectivity index (χ3v) is 5.83. The molecule has 2 aromatic carbocycles. The van der Waals surface area contributed by atoms with Gasteiger partial charge in [-0.25, -0.2) is 8.42 Å². The molecule has 0 bridgehead atoms. The van der Waals surface area contributed by atoms with E-state index in [4.69, 9.17) is 16.9 Å². The van der Waals surface area contributed by atoms with Gasteiger partial charge < -0.3 is 0 Å². The van der Waals surface area contributed by atoms with Gasteiger partial charge in [-0.15, -0.1) is 0 Å². The molecule has 0 radical (unpaired) electrons. The number of sulfone groups is 1. The number of halogens is 1. The fourth-order valence-corrected chi connectivity index (χ4v) is 3.86. The Labute approximate surface area is 139 Å². The highest BCUT2D eigenvalue weighted by molar-refractivity contribution is 8.03. The Morgan fingerprint density at radius 3 is 2.27 bits per heavy atom. The minimum absolute atomic E-state index is 0.0502. The van der Waals surface area contributed by atoms with Crippen molar-refractivity contribution < 1.29 is 8.42 Å². The SMILES string of the molecule is Cc1ccc(S/C=C(/C#N)S(=O)(=O)c2ccc(Cl)cc2)cc1. The number of hydrogen-bond donors (Lipinski definition) is 0. The van der Waals surface area contributed by atoms with E-state index in [-0.39, 0.29) is 9.80 Å². The summed E-state index contributed by atoms with van der Waals surface area (Å²) in [5.74, 6) is 0. The van der Waals surface area contributed by atoms with Crippen LogP contribution in [0.2, 0.25) is 5.02 Å². The number of nitrogens with zero attached hydrogens (tertiary/aromatic N) is 1. The first-order chi connectivity index (χ1) is 10.4. The topological polar surface area (TPSA) is 57.9 Å². The maximum absolute atomic E-state index is 12.4. The van der Waals surface area contributed by atoms with Crippen molar-refractivity contribution in [1.82, 2.24) is 0 Å². The van der Waals surface area contributed by atoms with E-state index in [9.17, 15) is 8.42 Å². The molecule has 0 N–H and O–H groups in total. The Morgan fingerprint density at radius 1 is 1.14 bits per heavy atom. The summed E-state index contributed by atoms with van der Waals surface area (Å²) in [6, 6.07) is 15.1. The van der Waals surface area contributed by atoms with Gasteiger partial charge in [0.15, 0.2) is 4.91 Å². The Hall–Kier alpha value is -1.74.